The highest BCUT2D eigenvalue weighted by atomic mass is 16.6. The van der Waals surface area contributed by atoms with Gasteiger partial charge >= 0.3 is 11.9 Å². The van der Waals surface area contributed by atoms with Crippen molar-refractivity contribution in [1.82, 2.24) is 0 Å². The van der Waals surface area contributed by atoms with E-state index in [0.29, 0.717) is 0 Å². The first-order valence-electron chi connectivity index (χ1n) is 7.51. The maximum absolute atomic E-state index is 11.8. The smallest absolute Gasteiger partial charge is 0.348 e. The molecule has 0 fully saturated rings. The normalized spacial score (nSPS) is 12.2. The van der Waals surface area contributed by atoms with Gasteiger partial charge in [0.05, 0.1) is 12.5 Å². The van der Waals surface area contributed by atoms with E-state index in [9.17, 15) is 9.59 Å². The summed E-state index contributed by atoms with van der Waals surface area (Å²) in [5.41, 5.74) is 1.72. The van der Waals surface area contributed by atoms with Gasteiger partial charge in [0, 0.05) is 0 Å². The Balaban J connectivity index is 2.53. The van der Waals surface area contributed by atoms with Gasteiger partial charge in [-0.15, -0.1) is 0 Å². The lowest BCUT2D eigenvalue weighted by molar-refractivity contribution is -0.151. The fraction of sp³-hybridized carbons (Fsp3) is 0.389. The van der Waals surface area contributed by atoms with Gasteiger partial charge in [-0.1, -0.05) is 36.8 Å². The maximum Gasteiger partial charge on any atom is 0.348 e. The Morgan fingerprint density at radius 3 is 2.52 bits per heavy atom. The summed E-state index contributed by atoms with van der Waals surface area (Å²) in [4.78, 5) is 23.3. The van der Waals surface area contributed by atoms with Gasteiger partial charge in [0.25, 0.3) is 0 Å². The van der Waals surface area contributed by atoms with Crippen molar-refractivity contribution < 1.29 is 19.1 Å². The first-order valence-corrected chi connectivity index (χ1v) is 7.51. The number of esters is 2. The summed E-state index contributed by atoms with van der Waals surface area (Å²) in [7, 11) is 0. The molecule has 5 nitrogen and oxygen atoms in total. The standard InChI is InChI=1S/C18H21NO4/c1-4-14(3)23-17(20)9-10-22-18(21)16(12-19)11-15-7-5-13(2)6-8-15/h5-8,11,14H,4,9-10H2,1-3H3/b16-11+. The SMILES string of the molecule is CCC(C)OC(=O)CCOC(=O)/C(C#N)=C/c1ccc(C)cc1. The van der Waals surface area contributed by atoms with Crippen molar-refractivity contribution in [2.75, 3.05) is 6.61 Å². The minimum Gasteiger partial charge on any atom is -0.463 e. The monoisotopic (exact) mass is 315 g/mol. The Kier molecular flexibility index (Phi) is 7.55. The lowest BCUT2D eigenvalue weighted by Crippen LogP contribution is -2.17. The van der Waals surface area contributed by atoms with E-state index < -0.39 is 11.9 Å². The third kappa shape index (κ3) is 6.79. The molecule has 0 aliphatic rings. The van der Waals surface area contributed by atoms with Crippen LogP contribution in [0.25, 0.3) is 6.08 Å². The molecule has 0 N–H and O–H groups in total. The number of aryl methyl sites for hydroxylation is 1. The fourth-order valence-electron chi connectivity index (χ4n) is 1.64. The van der Waals surface area contributed by atoms with Crippen LogP contribution in [0.4, 0.5) is 0 Å². The highest BCUT2D eigenvalue weighted by Gasteiger charge is 2.13. The summed E-state index contributed by atoms with van der Waals surface area (Å²) in [6.07, 6.45) is 2.00. The number of carbonyl (C=O) groups excluding carboxylic acids is 2. The zero-order chi connectivity index (χ0) is 17.2. The van der Waals surface area contributed by atoms with E-state index in [2.05, 4.69) is 0 Å². The zero-order valence-electron chi connectivity index (χ0n) is 13.7. The predicted octanol–water partition coefficient (Wildman–Crippen LogP) is 3.18. The van der Waals surface area contributed by atoms with Gasteiger partial charge in [0.2, 0.25) is 0 Å². The highest BCUT2D eigenvalue weighted by molar-refractivity contribution is 5.97. The number of carbonyl (C=O) groups is 2. The summed E-state index contributed by atoms with van der Waals surface area (Å²) in [6.45, 7) is 5.54. The average Bonchev–Trinajstić information content (AvgIpc) is 2.53. The Hall–Kier alpha value is -2.61. The molecule has 122 valence electrons. The van der Waals surface area contributed by atoms with E-state index in [1.807, 2.05) is 44.2 Å². The van der Waals surface area contributed by atoms with Crippen LogP contribution >= 0.6 is 0 Å². The number of hydrogen-bond acceptors (Lipinski definition) is 5. The summed E-state index contributed by atoms with van der Waals surface area (Å²) >= 11 is 0. The third-order valence-electron chi connectivity index (χ3n) is 3.18. The predicted molar refractivity (Wildman–Crippen MR) is 86.2 cm³/mol. The van der Waals surface area contributed by atoms with E-state index in [0.717, 1.165) is 17.5 Å². The molecule has 23 heavy (non-hydrogen) atoms. The molecule has 0 heterocycles. The lowest BCUT2D eigenvalue weighted by atomic mass is 10.1. The number of ether oxygens (including phenoxy) is 2. The average molecular weight is 315 g/mol. The van der Waals surface area contributed by atoms with E-state index in [1.54, 1.807) is 6.92 Å². The van der Waals surface area contributed by atoms with Gasteiger partial charge in [0.1, 0.15) is 18.2 Å². The lowest BCUT2D eigenvalue weighted by Gasteiger charge is -2.10. The topological polar surface area (TPSA) is 76.4 Å². The van der Waals surface area contributed by atoms with Crippen LogP contribution in [-0.4, -0.2) is 24.6 Å². The molecule has 1 aromatic rings. The highest BCUT2D eigenvalue weighted by Crippen LogP contribution is 2.10. The Labute approximate surface area is 136 Å². The summed E-state index contributed by atoms with van der Waals surface area (Å²) < 4.78 is 10.0. The van der Waals surface area contributed by atoms with E-state index >= 15 is 0 Å². The molecule has 0 saturated heterocycles. The molecule has 1 rings (SSSR count). The molecule has 0 radical (unpaired) electrons. The number of nitriles is 1. The van der Waals surface area contributed by atoms with Crippen LogP contribution < -0.4 is 0 Å². The van der Waals surface area contributed by atoms with E-state index in [1.165, 1.54) is 6.08 Å². The van der Waals surface area contributed by atoms with Crippen molar-refractivity contribution in [3.63, 3.8) is 0 Å². The van der Waals surface area contributed by atoms with Crippen LogP contribution in [0.15, 0.2) is 29.8 Å². The Morgan fingerprint density at radius 2 is 1.96 bits per heavy atom. The molecule has 0 amide bonds. The summed E-state index contributed by atoms with van der Waals surface area (Å²) in [5, 5.41) is 9.06. The van der Waals surface area contributed by atoms with Crippen molar-refractivity contribution >= 4 is 18.0 Å². The van der Waals surface area contributed by atoms with Gasteiger partial charge in [-0.05, 0) is 31.9 Å². The quantitative estimate of drug-likeness (QED) is 0.439. The first-order chi connectivity index (χ1) is 11.0. The molecule has 0 bridgehead atoms. The van der Waals surface area contributed by atoms with Gasteiger partial charge in [-0.3, -0.25) is 4.79 Å². The largest absolute Gasteiger partial charge is 0.463 e. The zero-order valence-corrected chi connectivity index (χ0v) is 13.7. The Morgan fingerprint density at radius 1 is 1.30 bits per heavy atom. The van der Waals surface area contributed by atoms with Gasteiger partial charge in [-0.25, -0.2) is 4.79 Å². The van der Waals surface area contributed by atoms with Crippen molar-refractivity contribution in [3.05, 3.63) is 41.0 Å². The second kappa shape index (κ2) is 9.42. The second-order valence-electron chi connectivity index (χ2n) is 5.18. The number of rotatable bonds is 7. The molecule has 5 heteroatoms. The van der Waals surface area contributed by atoms with Crippen LogP contribution in [0.3, 0.4) is 0 Å². The summed E-state index contributed by atoms with van der Waals surface area (Å²) in [5.74, 6) is -1.17. The maximum atomic E-state index is 11.8. The molecular formula is C18H21NO4. The van der Waals surface area contributed by atoms with E-state index in [-0.39, 0.29) is 24.7 Å². The molecule has 0 spiro atoms. The number of benzene rings is 1. The third-order valence-corrected chi connectivity index (χ3v) is 3.18. The number of nitrogens with zero attached hydrogens (tertiary/aromatic N) is 1. The van der Waals surface area contributed by atoms with Crippen LogP contribution in [0.5, 0.6) is 0 Å². The van der Waals surface area contributed by atoms with Gasteiger partial charge in [0.15, 0.2) is 0 Å². The molecule has 1 atom stereocenters. The molecular weight excluding hydrogens is 294 g/mol. The van der Waals surface area contributed by atoms with Crippen LogP contribution in [0.2, 0.25) is 0 Å². The van der Waals surface area contributed by atoms with Crippen LogP contribution in [-0.2, 0) is 19.1 Å². The molecule has 1 aromatic carbocycles. The van der Waals surface area contributed by atoms with E-state index in [4.69, 9.17) is 14.7 Å². The number of hydrogen-bond donors (Lipinski definition) is 0. The van der Waals surface area contributed by atoms with Crippen molar-refractivity contribution in [2.24, 2.45) is 0 Å². The van der Waals surface area contributed by atoms with Crippen molar-refractivity contribution in [3.8, 4) is 6.07 Å². The van der Waals surface area contributed by atoms with Gasteiger partial charge in [-0.2, -0.15) is 5.26 Å². The molecule has 0 aromatic heterocycles. The van der Waals surface area contributed by atoms with Crippen molar-refractivity contribution in [2.45, 2.75) is 39.7 Å². The van der Waals surface area contributed by atoms with Crippen molar-refractivity contribution in [1.29, 1.82) is 5.26 Å². The second-order valence-corrected chi connectivity index (χ2v) is 5.18. The molecule has 0 aliphatic heterocycles. The Bertz CT molecular complexity index is 611. The van der Waals surface area contributed by atoms with Gasteiger partial charge < -0.3 is 9.47 Å². The van der Waals surface area contributed by atoms with Crippen LogP contribution in [0, 0.1) is 18.3 Å². The molecule has 0 saturated carbocycles. The minimum absolute atomic E-state index is 0.0285. The fourth-order valence-corrected chi connectivity index (χ4v) is 1.64. The minimum atomic E-state index is -0.746. The summed E-state index contributed by atoms with van der Waals surface area (Å²) in [6, 6.07) is 9.20. The molecule has 0 aliphatic carbocycles. The van der Waals surface area contributed by atoms with Crippen LogP contribution in [0.1, 0.15) is 37.8 Å². The first kappa shape index (κ1) is 18.4. The molecule has 1 unspecified atom stereocenters.